The first kappa shape index (κ1) is 57.9. The Hall–Kier alpha value is -13.5. The normalized spacial score (nSPS) is 11.6. The molecule has 0 saturated carbocycles. The first-order valence-electron chi connectivity index (χ1n) is 34.0. The van der Waals surface area contributed by atoms with E-state index in [1.807, 2.05) is 24.3 Å². The first-order valence-corrected chi connectivity index (χ1v) is 34.0. The topological polar surface area (TPSA) is 58.4 Å². The fourth-order valence-corrected chi connectivity index (χ4v) is 15.1. The zero-order valence-electron chi connectivity index (χ0n) is 54.3. The van der Waals surface area contributed by atoms with Crippen molar-refractivity contribution in [3.8, 4) is 90.3 Å². The molecule has 5 heterocycles. The van der Waals surface area contributed by atoms with Gasteiger partial charge in [0.15, 0.2) is 11.6 Å². The van der Waals surface area contributed by atoms with Gasteiger partial charge in [-0.2, -0.15) is 9.97 Å². The summed E-state index contributed by atoms with van der Waals surface area (Å²) in [5.74, 6) is 1.80. The second kappa shape index (κ2) is 24.3. The van der Waals surface area contributed by atoms with Crippen molar-refractivity contribution in [1.29, 1.82) is 0 Å². The lowest BCUT2D eigenvalue weighted by molar-refractivity contribution is 0.953. The quantitative estimate of drug-likeness (QED) is 0.137. The van der Waals surface area contributed by atoms with Gasteiger partial charge in [-0.25, -0.2) is 4.98 Å². The highest BCUT2D eigenvalue weighted by Crippen LogP contribution is 2.44. The molecule has 20 aromatic rings. The number of aromatic nitrogens is 7. The van der Waals surface area contributed by atoms with E-state index in [0.717, 1.165) is 66.2 Å². The number of nitrogens with zero attached hydrogens (tertiary/aromatic N) is 7. The third kappa shape index (κ3) is 9.94. The van der Waals surface area contributed by atoms with Crippen LogP contribution in [0.1, 0.15) is 0 Å². The van der Waals surface area contributed by atoms with E-state index in [1.54, 1.807) is 0 Å². The van der Waals surface area contributed by atoms with Crippen LogP contribution in [-0.4, -0.2) is 33.2 Å². The van der Waals surface area contributed by atoms with E-state index in [1.165, 1.54) is 93.8 Å². The van der Waals surface area contributed by atoms with Crippen LogP contribution in [-0.2, 0) is 0 Å². The first-order chi connectivity index (χ1) is 49.6. The maximum Gasteiger partial charge on any atom is 0.238 e. The number of para-hydroxylation sites is 5. The summed E-state index contributed by atoms with van der Waals surface area (Å²) in [6.07, 6.45) is 0. The van der Waals surface area contributed by atoms with E-state index in [9.17, 15) is 0 Å². The van der Waals surface area contributed by atoms with Crippen LogP contribution < -0.4 is 0 Å². The number of hydrogen-bond acceptors (Lipinski definition) is 3. The van der Waals surface area contributed by atoms with Gasteiger partial charge in [-0.05, 0) is 129 Å². The number of fused-ring (bicyclic) bond motifs is 13. The molecule has 0 bridgehead atoms. The smallest absolute Gasteiger partial charge is 0.238 e. The van der Waals surface area contributed by atoms with Crippen molar-refractivity contribution in [1.82, 2.24) is 33.2 Å². The van der Waals surface area contributed by atoms with Crippen LogP contribution >= 0.6 is 0 Å². The average Bonchev–Trinajstić information content (AvgIpc) is 1.54. The molecule has 0 aliphatic heterocycles. The van der Waals surface area contributed by atoms with Crippen LogP contribution in [0.3, 0.4) is 0 Å². The predicted octanol–water partition coefficient (Wildman–Crippen LogP) is 23.9. The van der Waals surface area contributed by atoms with Crippen LogP contribution in [0.5, 0.6) is 0 Å². The van der Waals surface area contributed by atoms with E-state index in [0.29, 0.717) is 17.6 Å². The summed E-state index contributed by atoms with van der Waals surface area (Å²) in [5, 5.41) is 9.67. The van der Waals surface area contributed by atoms with Gasteiger partial charge in [0.05, 0.1) is 44.1 Å². The molecule has 7 nitrogen and oxygen atoms in total. The lowest BCUT2D eigenvalue weighted by atomic mass is 10.0. The van der Waals surface area contributed by atoms with Crippen molar-refractivity contribution < 1.29 is 0 Å². The van der Waals surface area contributed by atoms with Gasteiger partial charge in [-0.1, -0.05) is 285 Å². The Kier molecular flexibility index (Phi) is 14.1. The van der Waals surface area contributed by atoms with Crippen molar-refractivity contribution >= 4 is 87.2 Å². The third-order valence-corrected chi connectivity index (χ3v) is 19.7. The lowest BCUT2D eigenvalue weighted by Crippen LogP contribution is -2.07. The van der Waals surface area contributed by atoms with E-state index in [-0.39, 0.29) is 0 Å². The van der Waals surface area contributed by atoms with Crippen molar-refractivity contribution in [2.24, 2.45) is 0 Å². The summed E-state index contributed by atoms with van der Waals surface area (Å²) in [6.45, 7) is 0. The van der Waals surface area contributed by atoms with Gasteiger partial charge in [0, 0.05) is 71.3 Å². The molecule has 0 spiro atoms. The highest BCUT2D eigenvalue weighted by Gasteiger charge is 2.25. The van der Waals surface area contributed by atoms with Gasteiger partial charge < -0.3 is 13.7 Å². The zero-order chi connectivity index (χ0) is 66.0. The Labute approximate surface area is 577 Å². The molecule has 0 unspecified atom stereocenters. The number of hydrogen-bond donors (Lipinski definition) is 0. The second-order valence-electron chi connectivity index (χ2n) is 25.5. The van der Waals surface area contributed by atoms with Crippen molar-refractivity contribution in [3.05, 3.63) is 370 Å². The number of rotatable bonds is 10. The molecule has 0 N–H and O–H groups in total. The minimum absolute atomic E-state index is 0.564. The van der Waals surface area contributed by atoms with Crippen LogP contribution in [0.2, 0.25) is 0 Å². The molecule has 0 fully saturated rings. The summed E-state index contributed by atoms with van der Waals surface area (Å²) in [4.78, 5) is 15.7. The van der Waals surface area contributed by atoms with Crippen molar-refractivity contribution in [2.45, 2.75) is 0 Å². The van der Waals surface area contributed by atoms with Gasteiger partial charge in [0.25, 0.3) is 0 Å². The van der Waals surface area contributed by atoms with Crippen LogP contribution in [0, 0.1) is 0 Å². The van der Waals surface area contributed by atoms with E-state index in [2.05, 4.69) is 364 Å². The molecule has 100 heavy (non-hydrogen) atoms. The van der Waals surface area contributed by atoms with Gasteiger partial charge in [0.1, 0.15) is 0 Å². The Morgan fingerprint density at radius 1 is 0.160 bits per heavy atom. The largest absolute Gasteiger partial charge is 0.309 e. The zero-order valence-corrected chi connectivity index (χ0v) is 54.3. The van der Waals surface area contributed by atoms with E-state index < -0.39 is 0 Å². The second-order valence-corrected chi connectivity index (χ2v) is 25.5. The van der Waals surface area contributed by atoms with Gasteiger partial charge in [-0.15, -0.1) is 0 Å². The molecule has 0 aliphatic rings. The van der Waals surface area contributed by atoms with E-state index >= 15 is 0 Å². The van der Waals surface area contributed by atoms with Crippen LogP contribution in [0.15, 0.2) is 370 Å². The predicted molar refractivity (Wildman–Crippen MR) is 416 cm³/mol. The standard InChI is InChI=1S/C51H33N5.C42H28N2/c1-4-15-34(16-5-1)36-27-29-38(30-28-36)50-52-49(37-19-8-3-9-20-37)53-51(54-50)56-46-26-13-11-24-42(46)44-32-31-43-41-23-10-12-25-45(41)55(47(43)48(44)56)40-22-14-21-39(33-40)35-17-6-2-7-18-35;1-3-11-29(12-4-1)30-19-23-34(24-20-30)44-40-18-10-8-16-36(40)38-28-32(22-26-42(38)44)31-21-25-41-37(27-31)35-15-7-9-17-39(35)43(41)33-13-5-2-6-14-33/h1-33H;1-28H. The lowest BCUT2D eigenvalue weighted by Gasteiger charge is -2.14. The van der Waals surface area contributed by atoms with Crippen LogP contribution in [0.4, 0.5) is 0 Å². The Balaban J connectivity index is 0.000000143. The summed E-state index contributed by atoms with van der Waals surface area (Å²) in [5.41, 5.74) is 24.0. The molecule has 0 saturated heterocycles. The molecule has 468 valence electrons. The molecular formula is C93H61N7. The maximum absolute atomic E-state index is 5.32. The highest BCUT2D eigenvalue weighted by atomic mass is 15.2. The molecule has 0 radical (unpaired) electrons. The fourth-order valence-electron chi connectivity index (χ4n) is 15.1. The van der Waals surface area contributed by atoms with Crippen molar-refractivity contribution in [2.75, 3.05) is 0 Å². The average molecular weight is 1280 g/mol. The Morgan fingerprint density at radius 2 is 0.460 bits per heavy atom. The molecule has 0 amide bonds. The molecule has 7 heteroatoms. The van der Waals surface area contributed by atoms with Gasteiger partial charge in [-0.3, -0.25) is 4.57 Å². The van der Waals surface area contributed by atoms with Crippen LogP contribution in [0.25, 0.3) is 178 Å². The molecule has 15 aromatic carbocycles. The SMILES string of the molecule is c1ccc(-c2ccc(-c3nc(-c4ccccc4)nc(-n4c5ccccc5c5ccc6c7ccccc7n(-c7cccc(-c8ccccc8)c7)c6c54)n3)cc2)cc1.c1ccc(-c2ccc(-n3c4ccccc4c4cc(-c5ccc6c(c5)c5ccccc5n6-c5ccccc5)ccc43)cc2)cc1. The summed E-state index contributed by atoms with van der Waals surface area (Å²) in [6, 6.07) is 132. The van der Waals surface area contributed by atoms with E-state index in [4.69, 9.17) is 15.0 Å². The Bertz CT molecular complexity index is 6470. The monoisotopic (exact) mass is 1280 g/mol. The van der Waals surface area contributed by atoms with Gasteiger partial charge in [0.2, 0.25) is 5.95 Å². The summed E-state index contributed by atoms with van der Waals surface area (Å²) in [7, 11) is 0. The summed E-state index contributed by atoms with van der Waals surface area (Å²) < 4.78 is 9.42. The highest BCUT2D eigenvalue weighted by molar-refractivity contribution is 6.24. The molecule has 5 aromatic heterocycles. The van der Waals surface area contributed by atoms with Crippen molar-refractivity contribution in [3.63, 3.8) is 0 Å². The molecular weight excluding hydrogens is 1220 g/mol. The van der Waals surface area contributed by atoms with Gasteiger partial charge >= 0.3 is 0 Å². The Morgan fingerprint density at radius 3 is 0.950 bits per heavy atom. The maximum atomic E-state index is 5.32. The minimum Gasteiger partial charge on any atom is -0.309 e. The number of benzene rings is 15. The fraction of sp³-hybridized carbons (Fsp3) is 0. The minimum atomic E-state index is 0.564. The molecule has 0 atom stereocenters. The molecule has 20 rings (SSSR count). The third-order valence-electron chi connectivity index (χ3n) is 19.7. The molecule has 0 aliphatic carbocycles. The summed E-state index contributed by atoms with van der Waals surface area (Å²) >= 11 is 0.